The van der Waals surface area contributed by atoms with Crippen molar-refractivity contribution in [2.75, 3.05) is 6.61 Å². The molecule has 0 radical (unpaired) electrons. The largest absolute Gasteiger partial charge is 0.459 e. The average molecular weight is 296 g/mol. The zero-order chi connectivity index (χ0) is 16.1. The predicted molar refractivity (Wildman–Crippen MR) is 78.9 cm³/mol. The normalized spacial score (nSPS) is 16.1. The van der Waals surface area contributed by atoms with Crippen LogP contribution in [0.1, 0.15) is 44.0 Å². The molecule has 0 bridgehead atoms. The number of hydrogen-bond donors (Lipinski definition) is 3. The van der Waals surface area contributed by atoms with Gasteiger partial charge in [0.25, 0.3) is 0 Å². The summed E-state index contributed by atoms with van der Waals surface area (Å²) in [5, 5.41) is 29.8. The standard InChI is InChI=1S/C16H24O5/c1-15(2,19)10-9-13(17)16(3,20)11-21-14(18)12-7-5-4-6-8-12/h4-8,13,17,19-20H,9-11H2,1-3H3/t13-,16+/m0/s1. The van der Waals surface area contributed by atoms with Crippen molar-refractivity contribution in [1.82, 2.24) is 0 Å². The molecule has 118 valence electrons. The maximum atomic E-state index is 11.8. The number of hydrogen-bond acceptors (Lipinski definition) is 5. The van der Waals surface area contributed by atoms with Gasteiger partial charge in [0.05, 0.1) is 17.3 Å². The Morgan fingerprint density at radius 2 is 1.76 bits per heavy atom. The number of ether oxygens (including phenoxy) is 1. The minimum absolute atomic E-state index is 0.208. The second-order valence-corrected chi connectivity index (χ2v) is 6.17. The van der Waals surface area contributed by atoms with Crippen LogP contribution in [0.25, 0.3) is 0 Å². The van der Waals surface area contributed by atoms with Gasteiger partial charge >= 0.3 is 5.97 Å². The maximum Gasteiger partial charge on any atom is 0.338 e. The monoisotopic (exact) mass is 296 g/mol. The third-order valence-electron chi connectivity index (χ3n) is 3.25. The van der Waals surface area contributed by atoms with E-state index in [0.29, 0.717) is 12.0 Å². The molecule has 0 heterocycles. The van der Waals surface area contributed by atoms with Crippen LogP contribution in [-0.2, 0) is 4.74 Å². The third kappa shape index (κ3) is 6.25. The highest BCUT2D eigenvalue weighted by Gasteiger charge is 2.33. The number of esters is 1. The first kappa shape index (κ1) is 17.6. The Hall–Kier alpha value is -1.43. The van der Waals surface area contributed by atoms with Gasteiger partial charge in [-0.1, -0.05) is 18.2 Å². The van der Waals surface area contributed by atoms with Gasteiger partial charge in [-0.25, -0.2) is 4.79 Å². The van der Waals surface area contributed by atoms with Gasteiger partial charge in [0.1, 0.15) is 12.2 Å². The van der Waals surface area contributed by atoms with Gasteiger partial charge in [0.15, 0.2) is 0 Å². The number of aliphatic hydroxyl groups excluding tert-OH is 1. The Morgan fingerprint density at radius 1 is 1.19 bits per heavy atom. The Bertz CT molecular complexity index is 447. The second kappa shape index (κ2) is 7.02. The van der Waals surface area contributed by atoms with Crippen molar-refractivity contribution in [1.29, 1.82) is 0 Å². The van der Waals surface area contributed by atoms with Crippen LogP contribution >= 0.6 is 0 Å². The van der Waals surface area contributed by atoms with Gasteiger partial charge in [-0.3, -0.25) is 0 Å². The smallest absolute Gasteiger partial charge is 0.338 e. The molecule has 2 atom stereocenters. The number of carbonyl (C=O) groups excluding carboxylic acids is 1. The van der Waals surface area contributed by atoms with Crippen LogP contribution in [0.4, 0.5) is 0 Å². The van der Waals surface area contributed by atoms with E-state index in [4.69, 9.17) is 4.74 Å². The molecular formula is C16H24O5. The van der Waals surface area contributed by atoms with Crippen LogP contribution in [0.15, 0.2) is 30.3 Å². The van der Waals surface area contributed by atoms with E-state index in [1.807, 2.05) is 0 Å². The number of carbonyl (C=O) groups is 1. The van der Waals surface area contributed by atoms with Gasteiger partial charge in [0, 0.05) is 0 Å². The summed E-state index contributed by atoms with van der Waals surface area (Å²) in [4.78, 5) is 11.8. The van der Waals surface area contributed by atoms with E-state index in [9.17, 15) is 20.1 Å². The molecule has 0 aliphatic rings. The Labute approximate surface area is 125 Å². The molecule has 1 aromatic carbocycles. The molecule has 0 spiro atoms. The zero-order valence-corrected chi connectivity index (χ0v) is 12.7. The van der Waals surface area contributed by atoms with E-state index in [1.54, 1.807) is 44.2 Å². The van der Waals surface area contributed by atoms with Crippen molar-refractivity contribution in [2.24, 2.45) is 0 Å². The van der Waals surface area contributed by atoms with Crippen molar-refractivity contribution in [3.63, 3.8) is 0 Å². The van der Waals surface area contributed by atoms with Crippen LogP contribution in [0.5, 0.6) is 0 Å². The van der Waals surface area contributed by atoms with E-state index in [-0.39, 0.29) is 13.0 Å². The lowest BCUT2D eigenvalue weighted by Crippen LogP contribution is -2.45. The third-order valence-corrected chi connectivity index (χ3v) is 3.25. The van der Waals surface area contributed by atoms with E-state index >= 15 is 0 Å². The van der Waals surface area contributed by atoms with E-state index in [2.05, 4.69) is 0 Å². The Morgan fingerprint density at radius 3 is 2.29 bits per heavy atom. The Kier molecular flexibility index (Phi) is 5.89. The summed E-state index contributed by atoms with van der Waals surface area (Å²) in [6.07, 6.45) is -0.552. The van der Waals surface area contributed by atoms with Gasteiger partial charge in [-0.15, -0.1) is 0 Å². The lowest BCUT2D eigenvalue weighted by molar-refractivity contribution is -0.104. The average Bonchev–Trinajstić information content (AvgIpc) is 2.42. The number of rotatable bonds is 7. The predicted octanol–water partition coefficient (Wildman–Crippen LogP) is 1.51. The molecule has 0 aliphatic heterocycles. The maximum absolute atomic E-state index is 11.8. The summed E-state index contributed by atoms with van der Waals surface area (Å²) < 4.78 is 5.03. The first-order valence-corrected chi connectivity index (χ1v) is 6.97. The molecule has 0 amide bonds. The molecule has 5 heteroatoms. The topological polar surface area (TPSA) is 87.0 Å². The molecular weight excluding hydrogens is 272 g/mol. The molecule has 5 nitrogen and oxygen atoms in total. The SMILES string of the molecule is CC(C)(O)CC[C@H](O)[C@](C)(O)COC(=O)c1ccccc1. The summed E-state index contributed by atoms with van der Waals surface area (Å²) in [6, 6.07) is 8.44. The first-order chi connectivity index (χ1) is 9.62. The van der Waals surface area contributed by atoms with Gasteiger partial charge in [0.2, 0.25) is 0 Å². The van der Waals surface area contributed by atoms with Crippen molar-refractivity contribution >= 4 is 5.97 Å². The molecule has 1 rings (SSSR count). The molecule has 0 unspecified atom stereocenters. The Balaban J connectivity index is 2.50. The number of aliphatic hydroxyl groups is 3. The van der Waals surface area contributed by atoms with Gasteiger partial charge in [-0.2, -0.15) is 0 Å². The van der Waals surface area contributed by atoms with E-state index in [0.717, 1.165) is 0 Å². The van der Waals surface area contributed by atoms with E-state index < -0.39 is 23.3 Å². The molecule has 1 aromatic rings. The second-order valence-electron chi connectivity index (χ2n) is 6.17. The summed E-state index contributed by atoms with van der Waals surface area (Å²) in [7, 11) is 0. The molecule has 0 fully saturated rings. The van der Waals surface area contributed by atoms with Crippen molar-refractivity contribution in [3.8, 4) is 0 Å². The summed E-state index contributed by atoms with van der Waals surface area (Å²) >= 11 is 0. The van der Waals surface area contributed by atoms with Crippen molar-refractivity contribution < 1.29 is 24.9 Å². The quantitative estimate of drug-likeness (QED) is 0.664. The summed E-state index contributed by atoms with van der Waals surface area (Å²) in [5.41, 5.74) is -2.09. The number of benzene rings is 1. The lowest BCUT2D eigenvalue weighted by atomic mass is 9.92. The molecule has 0 saturated carbocycles. The molecule has 0 aliphatic carbocycles. The van der Waals surface area contributed by atoms with Gasteiger partial charge in [-0.05, 0) is 45.7 Å². The van der Waals surface area contributed by atoms with Crippen LogP contribution in [0.2, 0.25) is 0 Å². The van der Waals surface area contributed by atoms with Crippen LogP contribution in [0, 0.1) is 0 Å². The van der Waals surface area contributed by atoms with Crippen molar-refractivity contribution in [2.45, 2.75) is 50.9 Å². The van der Waals surface area contributed by atoms with Crippen molar-refractivity contribution in [3.05, 3.63) is 35.9 Å². The fourth-order valence-electron chi connectivity index (χ4n) is 1.77. The van der Waals surface area contributed by atoms with Crippen LogP contribution < -0.4 is 0 Å². The van der Waals surface area contributed by atoms with Gasteiger partial charge < -0.3 is 20.1 Å². The molecule has 0 saturated heterocycles. The minimum Gasteiger partial charge on any atom is -0.459 e. The minimum atomic E-state index is -1.56. The first-order valence-electron chi connectivity index (χ1n) is 6.97. The highest BCUT2D eigenvalue weighted by atomic mass is 16.5. The fraction of sp³-hybridized carbons (Fsp3) is 0.562. The molecule has 3 N–H and O–H groups in total. The highest BCUT2D eigenvalue weighted by molar-refractivity contribution is 5.89. The van der Waals surface area contributed by atoms with Crippen LogP contribution in [-0.4, -0.2) is 45.2 Å². The molecule has 21 heavy (non-hydrogen) atoms. The van der Waals surface area contributed by atoms with Crippen LogP contribution in [0.3, 0.4) is 0 Å². The molecule has 0 aromatic heterocycles. The summed E-state index contributed by atoms with van der Waals surface area (Å²) in [6.45, 7) is 4.35. The fourth-order valence-corrected chi connectivity index (χ4v) is 1.77. The summed E-state index contributed by atoms with van der Waals surface area (Å²) in [5.74, 6) is -0.550. The highest BCUT2D eigenvalue weighted by Crippen LogP contribution is 2.20. The lowest BCUT2D eigenvalue weighted by Gasteiger charge is -2.30. The zero-order valence-electron chi connectivity index (χ0n) is 12.7. The van der Waals surface area contributed by atoms with E-state index in [1.165, 1.54) is 6.92 Å².